The third kappa shape index (κ3) is 3.95. The molecular formula is C19H15FN2O5. The normalized spacial score (nSPS) is 11.8. The van der Waals surface area contributed by atoms with E-state index in [1.165, 1.54) is 37.4 Å². The number of amides is 1. The monoisotopic (exact) mass is 370 g/mol. The first-order valence-corrected chi connectivity index (χ1v) is 7.94. The number of aliphatic carboxylic acids is 1. The lowest BCUT2D eigenvalue weighted by Gasteiger charge is -2.11. The maximum absolute atomic E-state index is 12.9. The van der Waals surface area contributed by atoms with E-state index in [9.17, 15) is 19.1 Å². The first kappa shape index (κ1) is 18.1. The lowest BCUT2D eigenvalue weighted by molar-refractivity contribution is -0.138. The molecule has 3 N–H and O–H groups in total. The molecule has 0 aliphatic carbocycles. The van der Waals surface area contributed by atoms with Crippen LogP contribution in [0.25, 0.3) is 10.8 Å². The molecule has 1 atom stereocenters. The summed E-state index contributed by atoms with van der Waals surface area (Å²) in [6.45, 7) is 1.30. The second-order valence-corrected chi connectivity index (χ2v) is 5.79. The molecule has 138 valence electrons. The molecule has 0 radical (unpaired) electrons. The van der Waals surface area contributed by atoms with Gasteiger partial charge in [0.25, 0.3) is 5.91 Å². The number of benzene rings is 2. The number of aromatic hydroxyl groups is 1. The fourth-order valence-corrected chi connectivity index (χ4v) is 2.38. The maximum atomic E-state index is 12.9. The van der Waals surface area contributed by atoms with Crippen LogP contribution in [0.5, 0.6) is 17.2 Å². The minimum atomic E-state index is -1.20. The molecule has 3 rings (SSSR count). The Labute approximate surface area is 153 Å². The number of halogens is 1. The van der Waals surface area contributed by atoms with Gasteiger partial charge in [-0.25, -0.2) is 9.37 Å². The van der Waals surface area contributed by atoms with Crippen LogP contribution in [0, 0.1) is 5.82 Å². The summed E-state index contributed by atoms with van der Waals surface area (Å²) in [5.74, 6) is -1.87. The fraction of sp³-hybridized carbons (Fsp3) is 0.105. The van der Waals surface area contributed by atoms with E-state index in [4.69, 9.17) is 9.84 Å². The Bertz CT molecular complexity index is 1020. The third-order valence-corrected chi connectivity index (χ3v) is 3.82. The summed E-state index contributed by atoms with van der Waals surface area (Å²) >= 11 is 0. The number of nitrogens with one attached hydrogen (secondary N) is 1. The largest absolute Gasteiger partial charge is 0.505 e. The van der Waals surface area contributed by atoms with E-state index in [1.807, 2.05) is 0 Å². The summed E-state index contributed by atoms with van der Waals surface area (Å²) in [6.07, 6.45) is 1.37. The first-order chi connectivity index (χ1) is 12.8. The molecule has 27 heavy (non-hydrogen) atoms. The molecule has 0 aliphatic heterocycles. The standard InChI is InChI=1S/C19H15FN2O5/c1-10(19(25)26)22-18(24)16-17(23)15-7-6-14(8-11(15)9-21-16)27-13-4-2-12(20)3-5-13/h2-10,23H,1H3,(H,22,24)(H,25,26). The lowest BCUT2D eigenvalue weighted by Crippen LogP contribution is -2.38. The van der Waals surface area contributed by atoms with E-state index in [2.05, 4.69) is 10.3 Å². The van der Waals surface area contributed by atoms with Gasteiger partial charge in [0, 0.05) is 17.0 Å². The zero-order valence-corrected chi connectivity index (χ0v) is 14.1. The molecule has 0 spiro atoms. The summed E-state index contributed by atoms with van der Waals surface area (Å²) in [5.41, 5.74) is -0.275. The number of fused-ring (bicyclic) bond motifs is 1. The number of aromatic nitrogens is 1. The molecule has 0 bridgehead atoms. The predicted molar refractivity (Wildman–Crippen MR) is 94.4 cm³/mol. The van der Waals surface area contributed by atoms with Crippen molar-refractivity contribution in [3.05, 3.63) is 60.2 Å². The molecule has 8 heteroatoms. The predicted octanol–water partition coefficient (Wildman–Crippen LogP) is 3.07. The van der Waals surface area contributed by atoms with Crippen LogP contribution in [0.1, 0.15) is 17.4 Å². The number of carboxylic acid groups (broad SMARTS) is 1. The van der Waals surface area contributed by atoms with Gasteiger partial charge in [0.1, 0.15) is 23.4 Å². The number of carboxylic acids is 1. The van der Waals surface area contributed by atoms with Crippen LogP contribution in [-0.2, 0) is 4.79 Å². The summed E-state index contributed by atoms with van der Waals surface area (Å²) in [5, 5.41) is 22.3. The number of hydrogen-bond donors (Lipinski definition) is 3. The number of rotatable bonds is 5. The van der Waals surface area contributed by atoms with Gasteiger partial charge < -0.3 is 20.3 Å². The highest BCUT2D eigenvalue weighted by atomic mass is 19.1. The van der Waals surface area contributed by atoms with Crippen molar-refractivity contribution in [1.82, 2.24) is 10.3 Å². The molecule has 1 heterocycles. The summed E-state index contributed by atoms with van der Waals surface area (Å²) < 4.78 is 18.6. The summed E-state index contributed by atoms with van der Waals surface area (Å²) in [7, 11) is 0. The quantitative estimate of drug-likeness (QED) is 0.637. The second kappa shape index (κ2) is 7.28. The van der Waals surface area contributed by atoms with E-state index in [1.54, 1.807) is 18.2 Å². The van der Waals surface area contributed by atoms with Crippen molar-refractivity contribution >= 4 is 22.6 Å². The highest BCUT2D eigenvalue weighted by molar-refractivity contribution is 6.02. The second-order valence-electron chi connectivity index (χ2n) is 5.79. The molecule has 0 saturated heterocycles. The van der Waals surface area contributed by atoms with Gasteiger partial charge in [0.2, 0.25) is 0 Å². The van der Waals surface area contributed by atoms with E-state index in [0.717, 1.165) is 0 Å². The topological polar surface area (TPSA) is 109 Å². The Kier molecular flexibility index (Phi) is 4.89. The van der Waals surface area contributed by atoms with Gasteiger partial charge in [-0.2, -0.15) is 0 Å². The van der Waals surface area contributed by atoms with Crippen LogP contribution >= 0.6 is 0 Å². The minimum absolute atomic E-state index is 0.275. The average molecular weight is 370 g/mol. The number of carbonyl (C=O) groups excluding carboxylic acids is 1. The van der Waals surface area contributed by atoms with Crippen molar-refractivity contribution in [2.45, 2.75) is 13.0 Å². The maximum Gasteiger partial charge on any atom is 0.325 e. The number of pyridine rings is 1. The van der Waals surface area contributed by atoms with Gasteiger partial charge in [-0.1, -0.05) is 0 Å². The SMILES string of the molecule is CC(NC(=O)c1ncc2cc(Oc3ccc(F)cc3)ccc2c1O)C(=O)O. The smallest absolute Gasteiger partial charge is 0.325 e. The van der Waals surface area contributed by atoms with E-state index in [-0.39, 0.29) is 17.3 Å². The minimum Gasteiger partial charge on any atom is -0.505 e. The number of carbonyl (C=O) groups is 2. The van der Waals surface area contributed by atoms with E-state index in [0.29, 0.717) is 22.3 Å². The van der Waals surface area contributed by atoms with Crippen molar-refractivity contribution in [3.8, 4) is 17.2 Å². The highest BCUT2D eigenvalue weighted by Gasteiger charge is 2.20. The third-order valence-electron chi connectivity index (χ3n) is 3.82. The molecule has 0 fully saturated rings. The van der Waals surface area contributed by atoms with Gasteiger partial charge in [0.15, 0.2) is 11.4 Å². The molecule has 1 unspecified atom stereocenters. The zero-order chi connectivity index (χ0) is 19.6. The lowest BCUT2D eigenvalue weighted by atomic mass is 10.1. The van der Waals surface area contributed by atoms with Crippen LogP contribution in [-0.4, -0.2) is 33.1 Å². The van der Waals surface area contributed by atoms with Crippen LogP contribution in [0.15, 0.2) is 48.7 Å². The van der Waals surface area contributed by atoms with Crippen molar-refractivity contribution in [3.63, 3.8) is 0 Å². The summed E-state index contributed by atoms with van der Waals surface area (Å²) in [6, 6.07) is 9.10. The Balaban J connectivity index is 1.87. The molecular weight excluding hydrogens is 355 g/mol. The molecule has 7 nitrogen and oxygen atoms in total. The molecule has 2 aromatic carbocycles. The molecule has 0 saturated carbocycles. The molecule has 0 aliphatic rings. The van der Waals surface area contributed by atoms with Gasteiger partial charge in [-0.15, -0.1) is 0 Å². The summed E-state index contributed by atoms with van der Waals surface area (Å²) in [4.78, 5) is 26.9. The number of hydrogen-bond acceptors (Lipinski definition) is 5. The van der Waals surface area contributed by atoms with Crippen LogP contribution in [0.2, 0.25) is 0 Å². The van der Waals surface area contributed by atoms with Crippen molar-refractivity contribution in [2.75, 3.05) is 0 Å². The Morgan fingerprint density at radius 1 is 1.15 bits per heavy atom. The van der Waals surface area contributed by atoms with Crippen molar-refractivity contribution in [1.29, 1.82) is 0 Å². The van der Waals surface area contributed by atoms with Gasteiger partial charge >= 0.3 is 5.97 Å². The van der Waals surface area contributed by atoms with Gasteiger partial charge in [-0.05, 0) is 49.4 Å². The highest BCUT2D eigenvalue weighted by Crippen LogP contribution is 2.31. The molecule has 3 aromatic rings. The fourth-order valence-electron chi connectivity index (χ4n) is 2.38. The average Bonchev–Trinajstić information content (AvgIpc) is 2.63. The Morgan fingerprint density at radius 2 is 1.81 bits per heavy atom. The van der Waals surface area contributed by atoms with Crippen LogP contribution in [0.4, 0.5) is 4.39 Å². The number of ether oxygens (including phenoxy) is 1. The van der Waals surface area contributed by atoms with Crippen LogP contribution < -0.4 is 10.1 Å². The zero-order valence-electron chi connectivity index (χ0n) is 14.1. The Morgan fingerprint density at radius 3 is 2.48 bits per heavy atom. The Hall–Kier alpha value is -3.68. The van der Waals surface area contributed by atoms with Gasteiger partial charge in [-0.3, -0.25) is 9.59 Å². The first-order valence-electron chi connectivity index (χ1n) is 7.94. The van der Waals surface area contributed by atoms with Crippen molar-refractivity contribution in [2.24, 2.45) is 0 Å². The van der Waals surface area contributed by atoms with Crippen molar-refractivity contribution < 1.29 is 28.9 Å². The van der Waals surface area contributed by atoms with Crippen LogP contribution in [0.3, 0.4) is 0 Å². The van der Waals surface area contributed by atoms with Gasteiger partial charge in [0.05, 0.1) is 0 Å². The molecule has 1 amide bonds. The molecule has 1 aromatic heterocycles. The number of nitrogens with zero attached hydrogens (tertiary/aromatic N) is 1. The van der Waals surface area contributed by atoms with E-state index < -0.39 is 17.9 Å². The van der Waals surface area contributed by atoms with E-state index >= 15 is 0 Å².